The third kappa shape index (κ3) is 3.42. The van der Waals surface area contributed by atoms with Crippen LogP contribution < -0.4 is 5.32 Å². The number of benzene rings is 2. The SMILES string of the molecule is Cn1ccnc1CNC(=O)c1ccc2c(c1)c1csnc1n2-c1ccc(C(F)(F)F)cc1. The van der Waals surface area contributed by atoms with Crippen molar-refractivity contribution >= 4 is 39.4 Å². The molecule has 1 N–H and O–H groups in total. The Morgan fingerprint density at radius 1 is 1.12 bits per heavy atom. The molecule has 162 valence electrons. The molecule has 0 bridgehead atoms. The van der Waals surface area contributed by atoms with Gasteiger partial charge in [0.05, 0.1) is 17.6 Å². The number of alkyl halides is 3. The lowest BCUT2D eigenvalue weighted by atomic mass is 10.1. The van der Waals surface area contributed by atoms with Gasteiger partial charge in [0.25, 0.3) is 5.91 Å². The van der Waals surface area contributed by atoms with E-state index in [9.17, 15) is 18.0 Å². The number of carbonyl (C=O) groups is 1. The van der Waals surface area contributed by atoms with Crippen LogP contribution in [0.2, 0.25) is 0 Å². The molecular weight excluding hydrogens is 439 g/mol. The largest absolute Gasteiger partial charge is 0.416 e. The molecule has 2 aromatic carbocycles. The highest BCUT2D eigenvalue weighted by Gasteiger charge is 2.30. The van der Waals surface area contributed by atoms with Crippen LogP contribution in [0.3, 0.4) is 0 Å². The molecule has 5 rings (SSSR count). The van der Waals surface area contributed by atoms with E-state index in [1.165, 1.54) is 23.7 Å². The summed E-state index contributed by atoms with van der Waals surface area (Å²) >= 11 is 1.25. The van der Waals surface area contributed by atoms with Gasteiger partial charge in [-0.25, -0.2) is 4.98 Å². The van der Waals surface area contributed by atoms with Crippen LogP contribution in [0.15, 0.2) is 60.2 Å². The number of amides is 1. The van der Waals surface area contributed by atoms with Crippen LogP contribution in [-0.2, 0) is 19.8 Å². The van der Waals surface area contributed by atoms with E-state index in [0.717, 1.165) is 34.2 Å². The molecule has 0 saturated heterocycles. The molecule has 0 aliphatic carbocycles. The normalized spacial score (nSPS) is 12.0. The van der Waals surface area contributed by atoms with Crippen LogP contribution >= 0.6 is 11.5 Å². The average molecular weight is 455 g/mol. The molecule has 0 atom stereocenters. The van der Waals surface area contributed by atoms with Crippen LogP contribution in [0, 0.1) is 0 Å². The Balaban J connectivity index is 1.52. The summed E-state index contributed by atoms with van der Waals surface area (Å²) in [7, 11) is 1.85. The van der Waals surface area contributed by atoms with E-state index in [0.29, 0.717) is 23.4 Å². The smallest absolute Gasteiger partial charge is 0.345 e. The fourth-order valence-electron chi connectivity index (χ4n) is 3.67. The zero-order valence-corrected chi connectivity index (χ0v) is 17.5. The van der Waals surface area contributed by atoms with Gasteiger partial charge in [-0.05, 0) is 54.0 Å². The van der Waals surface area contributed by atoms with Crippen molar-refractivity contribution in [3.8, 4) is 5.69 Å². The standard InChI is InChI=1S/C22H16F3N5OS/c1-29-9-8-26-19(29)11-27-21(31)13-2-7-18-16(10-13)17-12-32-28-20(17)30(18)15-5-3-14(4-6-15)22(23,24)25/h2-10,12H,11H2,1H3,(H,27,31). The average Bonchev–Trinajstić information content (AvgIpc) is 3.47. The summed E-state index contributed by atoms with van der Waals surface area (Å²) in [6, 6.07) is 10.2. The second-order valence-corrected chi connectivity index (χ2v) is 7.93. The van der Waals surface area contributed by atoms with Gasteiger partial charge in [0.1, 0.15) is 5.82 Å². The Morgan fingerprint density at radius 3 is 2.59 bits per heavy atom. The molecule has 0 aliphatic rings. The molecule has 32 heavy (non-hydrogen) atoms. The number of hydrogen-bond donors (Lipinski definition) is 1. The summed E-state index contributed by atoms with van der Waals surface area (Å²) in [6.45, 7) is 0.294. The molecule has 0 radical (unpaired) electrons. The first-order valence-electron chi connectivity index (χ1n) is 9.63. The van der Waals surface area contributed by atoms with Gasteiger partial charge in [0.2, 0.25) is 0 Å². The van der Waals surface area contributed by atoms with Crippen LogP contribution in [0.4, 0.5) is 13.2 Å². The van der Waals surface area contributed by atoms with Crippen molar-refractivity contribution in [2.75, 3.05) is 0 Å². The molecule has 5 aromatic rings. The van der Waals surface area contributed by atoms with Crippen LogP contribution in [0.25, 0.3) is 27.6 Å². The lowest BCUT2D eigenvalue weighted by Crippen LogP contribution is -2.24. The maximum atomic E-state index is 13.0. The van der Waals surface area contributed by atoms with E-state index in [1.54, 1.807) is 35.2 Å². The number of imidazole rings is 1. The molecule has 3 heterocycles. The first kappa shape index (κ1) is 20.3. The maximum Gasteiger partial charge on any atom is 0.416 e. The molecule has 10 heteroatoms. The van der Waals surface area contributed by atoms with Crippen LogP contribution in [-0.4, -0.2) is 24.4 Å². The number of nitrogens with zero attached hydrogens (tertiary/aromatic N) is 4. The zero-order valence-electron chi connectivity index (χ0n) is 16.7. The molecule has 0 fully saturated rings. The van der Waals surface area contributed by atoms with E-state index in [2.05, 4.69) is 14.7 Å². The molecule has 6 nitrogen and oxygen atoms in total. The van der Waals surface area contributed by atoms with E-state index >= 15 is 0 Å². The van der Waals surface area contributed by atoms with Gasteiger partial charge in [-0.3, -0.25) is 9.36 Å². The lowest BCUT2D eigenvalue weighted by molar-refractivity contribution is -0.137. The van der Waals surface area contributed by atoms with Crippen LogP contribution in [0.5, 0.6) is 0 Å². The Kier molecular flexibility index (Phi) is 4.74. The second kappa shape index (κ2) is 7.49. The van der Waals surface area contributed by atoms with E-state index in [4.69, 9.17) is 0 Å². The molecule has 1 amide bonds. The van der Waals surface area contributed by atoms with Gasteiger partial charge in [0, 0.05) is 46.8 Å². The number of fused-ring (bicyclic) bond motifs is 3. The maximum absolute atomic E-state index is 13.0. The lowest BCUT2D eigenvalue weighted by Gasteiger charge is -2.10. The summed E-state index contributed by atoms with van der Waals surface area (Å²) in [5, 5.41) is 6.37. The van der Waals surface area contributed by atoms with E-state index in [-0.39, 0.29) is 5.91 Å². The predicted octanol–water partition coefficient (Wildman–Crippen LogP) is 4.92. The summed E-state index contributed by atoms with van der Waals surface area (Å²) in [6.07, 6.45) is -0.930. The number of rotatable bonds is 4. The monoisotopic (exact) mass is 455 g/mol. The van der Waals surface area contributed by atoms with Gasteiger partial charge in [-0.1, -0.05) is 0 Å². The van der Waals surface area contributed by atoms with Crippen molar-refractivity contribution in [3.05, 3.63) is 77.2 Å². The van der Waals surface area contributed by atoms with Crippen molar-refractivity contribution in [2.24, 2.45) is 7.05 Å². The summed E-state index contributed by atoms with van der Waals surface area (Å²) in [4.78, 5) is 16.9. The third-order valence-corrected chi connectivity index (χ3v) is 5.95. The zero-order chi connectivity index (χ0) is 22.5. The Morgan fingerprint density at radius 2 is 1.91 bits per heavy atom. The van der Waals surface area contributed by atoms with Gasteiger partial charge in [0.15, 0.2) is 5.65 Å². The number of nitrogens with one attached hydrogen (secondary N) is 1. The van der Waals surface area contributed by atoms with E-state index < -0.39 is 11.7 Å². The highest BCUT2D eigenvalue weighted by atomic mass is 32.1. The predicted molar refractivity (Wildman–Crippen MR) is 116 cm³/mol. The van der Waals surface area contributed by atoms with Crippen molar-refractivity contribution in [3.63, 3.8) is 0 Å². The van der Waals surface area contributed by atoms with Crippen molar-refractivity contribution < 1.29 is 18.0 Å². The summed E-state index contributed by atoms with van der Waals surface area (Å²) < 4.78 is 46.9. The summed E-state index contributed by atoms with van der Waals surface area (Å²) in [5.74, 6) is 0.492. The van der Waals surface area contributed by atoms with Gasteiger partial charge < -0.3 is 9.88 Å². The topological polar surface area (TPSA) is 64.7 Å². The number of hydrogen-bond acceptors (Lipinski definition) is 4. The van der Waals surface area contributed by atoms with Gasteiger partial charge in [-0.2, -0.15) is 17.5 Å². The minimum Gasteiger partial charge on any atom is -0.345 e. The first-order chi connectivity index (χ1) is 15.3. The number of aryl methyl sites for hydroxylation is 1. The third-order valence-electron chi connectivity index (χ3n) is 5.33. The molecular formula is C22H16F3N5OS. The molecule has 0 aliphatic heterocycles. The fourth-order valence-corrected chi connectivity index (χ4v) is 4.34. The number of aromatic nitrogens is 4. The summed E-state index contributed by atoms with van der Waals surface area (Å²) in [5.41, 5.74) is 1.73. The van der Waals surface area contributed by atoms with E-state index in [1.807, 2.05) is 17.0 Å². The molecule has 0 spiro atoms. The Labute approximate surface area is 184 Å². The molecule has 3 aromatic heterocycles. The minimum absolute atomic E-state index is 0.242. The highest BCUT2D eigenvalue weighted by molar-refractivity contribution is 7.05. The second-order valence-electron chi connectivity index (χ2n) is 7.30. The number of halogens is 3. The minimum atomic E-state index is -4.40. The van der Waals surface area contributed by atoms with Crippen molar-refractivity contribution in [1.29, 1.82) is 0 Å². The quantitative estimate of drug-likeness (QED) is 0.418. The van der Waals surface area contributed by atoms with Crippen molar-refractivity contribution in [1.82, 2.24) is 23.8 Å². The number of carbonyl (C=O) groups excluding carboxylic acids is 1. The molecule has 0 saturated carbocycles. The first-order valence-corrected chi connectivity index (χ1v) is 10.5. The van der Waals surface area contributed by atoms with Gasteiger partial charge in [-0.15, -0.1) is 0 Å². The Hall–Kier alpha value is -3.66. The fraction of sp³-hybridized carbons (Fsp3) is 0.136. The highest BCUT2D eigenvalue weighted by Crippen LogP contribution is 2.35. The van der Waals surface area contributed by atoms with Crippen LogP contribution in [0.1, 0.15) is 21.7 Å². The Bertz CT molecular complexity index is 1450. The van der Waals surface area contributed by atoms with Crippen molar-refractivity contribution in [2.45, 2.75) is 12.7 Å². The van der Waals surface area contributed by atoms with Gasteiger partial charge >= 0.3 is 6.18 Å². The molecule has 0 unspecified atom stereocenters.